The first kappa shape index (κ1) is 19.2. The Kier molecular flexibility index (Phi) is 5.99. The maximum absolute atomic E-state index is 13.1. The van der Waals surface area contributed by atoms with Crippen molar-refractivity contribution in [2.45, 2.75) is 13.8 Å². The fourth-order valence-electron chi connectivity index (χ4n) is 2.73. The van der Waals surface area contributed by atoms with E-state index in [4.69, 9.17) is 0 Å². The van der Waals surface area contributed by atoms with Crippen LogP contribution in [-0.2, 0) is 19.6 Å². The SMILES string of the molecule is CC(=O)N1CCN(C(=O)C(C)CS(=O)(=O)Nc2cccc(F)c2)CC1. The number of carbonyl (C=O) groups excluding carboxylic acids is 2. The van der Waals surface area contributed by atoms with Gasteiger partial charge >= 0.3 is 0 Å². The number of hydrogen-bond donors (Lipinski definition) is 1. The summed E-state index contributed by atoms with van der Waals surface area (Å²) in [6.45, 7) is 4.69. The maximum Gasteiger partial charge on any atom is 0.233 e. The summed E-state index contributed by atoms with van der Waals surface area (Å²) in [6, 6.07) is 5.13. The smallest absolute Gasteiger partial charge is 0.233 e. The number of piperazine rings is 1. The number of sulfonamides is 1. The quantitative estimate of drug-likeness (QED) is 0.833. The fraction of sp³-hybridized carbons (Fsp3) is 0.500. The van der Waals surface area contributed by atoms with Crippen molar-refractivity contribution in [2.75, 3.05) is 36.7 Å². The van der Waals surface area contributed by atoms with E-state index in [0.29, 0.717) is 26.2 Å². The molecule has 1 aliphatic heterocycles. The van der Waals surface area contributed by atoms with Gasteiger partial charge in [-0.1, -0.05) is 13.0 Å². The third-order valence-electron chi connectivity index (χ3n) is 4.03. The molecule has 2 amide bonds. The topological polar surface area (TPSA) is 86.8 Å². The van der Waals surface area contributed by atoms with Gasteiger partial charge in [-0.05, 0) is 18.2 Å². The zero-order valence-corrected chi connectivity index (χ0v) is 15.1. The van der Waals surface area contributed by atoms with Crippen LogP contribution in [0.25, 0.3) is 0 Å². The van der Waals surface area contributed by atoms with Crippen LogP contribution in [0, 0.1) is 11.7 Å². The van der Waals surface area contributed by atoms with Gasteiger partial charge in [-0.3, -0.25) is 14.3 Å². The Bertz CT molecular complexity index is 746. The van der Waals surface area contributed by atoms with Crippen molar-refractivity contribution in [3.63, 3.8) is 0 Å². The Morgan fingerprint density at radius 2 is 1.80 bits per heavy atom. The van der Waals surface area contributed by atoms with Gasteiger partial charge in [0.05, 0.1) is 17.4 Å². The van der Waals surface area contributed by atoms with E-state index in [1.54, 1.807) is 16.7 Å². The molecule has 0 aliphatic carbocycles. The van der Waals surface area contributed by atoms with Crippen LogP contribution in [-0.4, -0.2) is 62.0 Å². The number of benzene rings is 1. The van der Waals surface area contributed by atoms with Crippen molar-refractivity contribution in [3.8, 4) is 0 Å². The lowest BCUT2D eigenvalue weighted by molar-refractivity contribution is -0.140. The minimum atomic E-state index is -3.79. The molecule has 2 rings (SSSR count). The molecule has 9 heteroatoms. The first-order valence-corrected chi connectivity index (χ1v) is 9.63. The minimum absolute atomic E-state index is 0.0398. The molecule has 1 aromatic carbocycles. The van der Waals surface area contributed by atoms with Gasteiger partial charge < -0.3 is 9.80 Å². The Balaban J connectivity index is 1.93. The number of halogens is 1. The third kappa shape index (κ3) is 5.42. The number of rotatable bonds is 5. The van der Waals surface area contributed by atoms with E-state index in [1.807, 2.05) is 0 Å². The van der Waals surface area contributed by atoms with Crippen molar-refractivity contribution in [3.05, 3.63) is 30.1 Å². The summed E-state index contributed by atoms with van der Waals surface area (Å²) in [4.78, 5) is 27.0. The molecule has 7 nitrogen and oxygen atoms in total. The van der Waals surface area contributed by atoms with E-state index in [-0.39, 0.29) is 17.5 Å². The Morgan fingerprint density at radius 3 is 2.36 bits per heavy atom. The van der Waals surface area contributed by atoms with Gasteiger partial charge in [-0.2, -0.15) is 0 Å². The first-order chi connectivity index (χ1) is 11.7. The number of nitrogens with one attached hydrogen (secondary N) is 1. The van der Waals surface area contributed by atoms with Gasteiger partial charge in [0.15, 0.2) is 0 Å². The van der Waals surface area contributed by atoms with Gasteiger partial charge in [0.25, 0.3) is 0 Å². The molecular formula is C16H22FN3O4S. The lowest BCUT2D eigenvalue weighted by Gasteiger charge is -2.35. The van der Waals surface area contributed by atoms with Gasteiger partial charge in [-0.15, -0.1) is 0 Å². The summed E-state index contributed by atoms with van der Waals surface area (Å²) in [7, 11) is -3.79. The van der Waals surface area contributed by atoms with E-state index < -0.39 is 27.5 Å². The largest absolute Gasteiger partial charge is 0.339 e. The molecule has 1 atom stereocenters. The summed E-state index contributed by atoms with van der Waals surface area (Å²) in [5.74, 6) is -1.99. The molecule has 1 fully saturated rings. The molecular weight excluding hydrogens is 349 g/mol. The van der Waals surface area contributed by atoms with Gasteiger partial charge in [0.2, 0.25) is 21.8 Å². The first-order valence-electron chi connectivity index (χ1n) is 7.98. The van der Waals surface area contributed by atoms with Crippen molar-refractivity contribution in [2.24, 2.45) is 5.92 Å². The van der Waals surface area contributed by atoms with Crippen LogP contribution in [0.3, 0.4) is 0 Å². The highest BCUT2D eigenvalue weighted by molar-refractivity contribution is 7.92. The molecule has 0 radical (unpaired) electrons. The van der Waals surface area contributed by atoms with E-state index in [2.05, 4.69) is 4.72 Å². The summed E-state index contributed by atoms with van der Waals surface area (Å²) >= 11 is 0. The molecule has 1 N–H and O–H groups in total. The third-order valence-corrected chi connectivity index (χ3v) is 5.51. The highest BCUT2D eigenvalue weighted by Crippen LogP contribution is 2.14. The van der Waals surface area contributed by atoms with Crippen LogP contribution >= 0.6 is 0 Å². The minimum Gasteiger partial charge on any atom is -0.339 e. The van der Waals surface area contributed by atoms with E-state index in [9.17, 15) is 22.4 Å². The average molecular weight is 371 g/mol. The van der Waals surface area contributed by atoms with E-state index in [1.165, 1.54) is 25.1 Å². The Hall–Kier alpha value is -2.16. The highest BCUT2D eigenvalue weighted by Gasteiger charge is 2.28. The van der Waals surface area contributed by atoms with Crippen LogP contribution < -0.4 is 4.72 Å². The van der Waals surface area contributed by atoms with Crippen molar-refractivity contribution in [1.29, 1.82) is 0 Å². The van der Waals surface area contributed by atoms with Crippen molar-refractivity contribution >= 4 is 27.5 Å². The zero-order chi connectivity index (χ0) is 18.6. The number of hydrogen-bond acceptors (Lipinski definition) is 4. The summed E-state index contributed by atoms with van der Waals surface area (Å²) in [5.41, 5.74) is 0.120. The standard InChI is InChI=1S/C16H22FN3O4S/c1-12(16(22)20-8-6-19(7-9-20)13(2)21)11-25(23,24)18-15-5-3-4-14(17)10-15/h3-5,10,12,18H,6-9,11H2,1-2H3. The van der Waals surface area contributed by atoms with Crippen LogP contribution in [0.15, 0.2) is 24.3 Å². The molecule has 1 saturated heterocycles. The molecule has 0 saturated carbocycles. The van der Waals surface area contributed by atoms with Crippen LogP contribution in [0.4, 0.5) is 10.1 Å². The molecule has 25 heavy (non-hydrogen) atoms. The van der Waals surface area contributed by atoms with Crippen molar-refractivity contribution in [1.82, 2.24) is 9.80 Å². The number of anilines is 1. The van der Waals surface area contributed by atoms with Crippen LogP contribution in [0.2, 0.25) is 0 Å². The molecule has 1 heterocycles. The zero-order valence-electron chi connectivity index (χ0n) is 14.2. The molecule has 1 unspecified atom stereocenters. The Morgan fingerprint density at radius 1 is 1.20 bits per heavy atom. The lowest BCUT2D eigenvalue weighted by Crippen LogP contribution is -2.51. The molecule has 0 aromatic heterocycles. The van der Waals surface area contributed by atoms with E-state index >= 15 is 0 Å². The van der Waals surface area contributed by atoms with Crippen molar-refractivity contribution < 1.29 is 22.4 Å². The number of carbonyl (C=O) groups is 2. The van der Waals surface area contributed by atoms with Gasteiger partial charge in [-0.25, -0.2) is 12.8 Å². The van der Waals surface area contributed by atoms with Gasteiger partial charge in [0, 0.05) is 33.1 Å². The van der Waals surface area contributed by atoms with Crippen LogP contribution in [0.1, 0.15) is 13.8 Å². The molecule has 138 valence electrons. The van der Waals surface area contributed by atoms with Gasteiger partial charge in [0.1, 0.15) is 5.82 Å². The average Bonchev–Trinajstić information content (AvgIpc) is 2.53. The molecule has 0 bridgehead atoms. The predicted octanol–water partition coefficient (Wildman–Crippen LogP) is 0.894. The number of nitrogens with zero attached hydrogens (tertiary/aromatic N) is 2. The lowest BCUT2D eigenvalue weighted by atomic mass is 10.1. The molecule has 1 aliphatic rings. The number of amides is 2. The predicted molar refractivity (Wildman–Crippen MR) is 91.8 cm³/mol. The normalized spacial score (nSPS) is 16.4. The summed E-state index contributed by atoms with van der Waals surface area (Å²) < 4.78 is 39.8. The second-order valence-corrected chi connectivity index (χ2v) is 7.89. The summed E-state index contributed by atoms with van der Waals surface area (Å²) in [6.07, 6.45) is 0. The van der Waals surface area contributed by atoms with E-state index in [0.717, 1.165) is 6.07 Å². The monoisotopic (exact) mass is 371 g/mol. The Labute approximate surface area is 146 Å². The fourth-order valence-corrected chi connectivity index (χ4v) is 4.10. The molecule has 1 aromatic rings. The maximum atomic E-state index is 13.1. The second-order valence-electron chi connectivity index (χ2n) is 6.13. The van der Waals surface area contributed by atoms with Crippen LogP contribution in [0.5, 0.6) is 0 Å². The summed E-state index contributed by atoms with van der Waals surface area (Å²) in [5, 5.41) is 0. The molecule has 0 spiro atoms. The highest BCUT2D eigenvalue weighted by atomic mass is 32.2. The second kappa shape index (κ2) is 7.81.